The van der Waals surface area contributed by atoms with E-state index < -0.39 is 6.10 Å². The molecule has 0 saturated carbocycles. The smallest absolute Gasteiger partial charge is 0.320 e. The number of aromatic nitrogens is 2. The first-order valence-electron chi connectivity index (χ1n) is 8.64. The van der Waals surface area contributed by atoms with Gasteiger partial charge in [-0.05, 0) is 17.5 Å². The Morgan fingerprint density at radius 3 is 2.04 bits per heavy atom. The molecule has 1 heterocycles. The monoisotopic (exact) mass is 350 g/mol. The fourth-order valence-electron chi connectivity index (χ4n) is 2.44. The summed E-state index contributed by atoms with van der Waals surface area (Å²) in [6.07, 6.45) is 1.45. The van der Waals surface area contributed by atoms with Crippen molar-refractivity contribution >= 4 is 0 Å². The van der Waals surface area contributed by atoms with Crippen LogP contribution in [0.1, 0.15) is 36.1 Å². The van der Waals surface area contributed by atoms with Crippen molar-refractivity contribution in [3.05, 3.63) is 83.6 Å². The van der Waals surface area contributed by atoms with Gasteiger partial charge in [-0.3, -0.25) is 0 Å². The van der Waals surface area contributed by atoms with E-state index in [0.29, 0.717) is 31.1 Å². The van der Waals surface area contributed by atoms with Crippen molar-refractivity contribution < 1.29 is 14.6 Å². The molecule has 26 heavy (non-hydrogen) atoms. The van der Waals surface area contributed by atoms with Crippen LogP contribution in [0.25, 0.3) is 0 Å². The van der Waals surface area contributed by atoms with E-state index in [1.807, 2.05) is 67.6 Å². The minimum atomic E-state index is -0.677. The standard InChI is InChI=1S/C21H22N2O3/c1-2-19(24)18-13-22-21(26-15-17-11-7-4-8-12-17)23-20(18)25-14-16-9-5-3-6-10-16/h3-13,19,24H,2,14-15H2,1H3. The topological polar surface area (TPSA) is 64.5 Å². The van der Waals surface area contributed by atoms with E-state index >= 15 is 0 Å². The number of benzene rings is 2. The first-order chi connectivity index (χ1) is 12.8. The van der Waals surface area contributed by atoms with Crippen molar-refractivity contribution in [2.75, 3.05) is 0 Å². The third-order valence-corrected chi connectivity index (χ3v) is 3.93. The summed E-state index contributed by atoms with van der Waals surface area (Å²) >= 11 is 0. The van der Waals surface area contributed by atoms with Gasteiger partial charge in [0.15, 0.2) is 0 Å². The average molecular weight is 350 g/mol. The van der Waals surface area contributed by atoms with Gasteiger partial charge < -0.3 is 14.6 Å². The zero-order chi connectivity index (χ0) is 18.2. The Kier molecular flexibility index (Phi) is 6.17. The molecule has 0 radical (unpaired) electrons. The van der Waals surface area contributed by atoms with Gasteiger partial charge in [0.1, 0.15) is 13.2 Å². The SMILES string of the molecule is CCC(O)c1cnc(OCc2ccccc2)nc1OCc1ccccc1. The molecule has 134 valence electrons. The van der Waals surface area contributed by atoms with Crippen LogP contribution in [-0.2, 0) is 13.2 Å². The highest BCUT2D eigenvalue weighted by molar-refractivity contribution is 5.28. The van der Waals surface area contributed by atoms with E-state index in [2.05, 4.69) is 9.97 Å². The molecule has 0 saturated heterocycles. The minimum absolute atomic E-state index is 0.226. The Balaban J connectivity index is 1.74. The molecule has 1 unspecified atom stereocenters. The van der Waals surface area contributed by atoms with E-state index in [-0.39, 0.29) is 6.01 Å². The summed E-state index contributed by atoms with van der Waals surface area (Å²) in [5.74, 6) is 0.348. The van der Waals surface area contributed by atoms with Crippen LogP contribution >= 0.6 is 0 Å². The molecule has 0 spiro atoms. The van der Waals surface area contributed by atoms with Crippen molar-refractivity contribution in [2.24, 2.45) is 0 Å². The Hall–Kier alpha value is -2.92. The van der Waals surface area contributed by atoms with Crippen LogP contribution in [0, 0.1) is 0 Å². The van der Waals surface area contributed by atoms with Gasteiger partial charge in [0.25, 0.3) is 0 Å². The lowest BCUT2D eigenvalue weighted by Crippen LogP contribution is -2.08. The van der Waals surface area contributed by atoms with E-state index in [1.54, 1.807) is 6.20 Å². The Bertz CT molecular complexity index is 810. The molecule has 0 aliphatic heterocycles. The molecule has 0 bridgehead atoms. The van der Waals surface area contributed by atoms with Crippen molar-refractivity contribution in [3.63, 3.8) is 0 Å². The zero-order valence-electron chi connectivity index (χ0n) is 14.7. The molecule has 3 aromatic rings. The number of aliphatic hydroxyl groups is 1. The highest BCUT2D eigenvalue weighted by Gasteiger charge is 2.16. The molecular formula is C21H22N2O3. The molecule has 5 heteroatoms. The second-order valence-electron chi connectivity index (χ2n) is 5.89. The Morgan fingerprint density at radius 2 is 1.46 bits per heavy atom. The summed E-state index contributed by atoms with van der Waals surface area (Å²) in [4.78, 5) is 8.56. The molecular weight excluding hydrogens is 328 g/mol. The maximum Gasteiger partial charge on any atom is 0.320 e. The maximum absolute atomic E-state index is 10.2. The second-order valence-corrected chi connectivity index (χ2v) is 5.89. The van der Waals surface area contributed by atoms with Crippen LogP contribution < -0.4 is 9.47 Å². The predicted molar refractivity (Wildman–Crippen MR) is 98.8 cm³/mol. The molecule has 3 rings (SSSR count). The van der Waals surface area contributed by atoms with Crippen molar-refractivity contribution in [1.82, 2.24) is 9.97 Å². The first-order valence-corrected chi connectivity index (χ1v) is 8.64. The second kappa shape index (κ2) is 8.97. The molecule has 1 N–H and O–H groups in total. The van der Waals surface area contributed by atoms with Gasteiger partial charge >= 0.3 is 6.01 Å². The summed E-state index contributed by atoms with van der Waals surface area (Å²) in [7, 11) is 0. The van der Waals surface area contributed by atoms with Gasteiger partial charge in [0.05, 0.1) is 11.7 Å². The van der Waals surface area contributed by atoms with Crippen LogP contribution in [0.3, 0.4) is 0 Å². The molecule has 5 nitrogen and oxygen atoms in total. The van der Waals surface area contributed by atoms with Gasteiger partial charge in [0.2, 0.25) is 5.88 Å². The van der Waals surface area contributed by atoms with Crippen LogP contribution in [-0.4, -0.2) is 15.1 Å². The van der Waals surface area contributed by atoms with Gasteiger partial charge in [0, 0.05) is 6.20 Å². The van der Waals surface area contributed by atoms with Crippen LogP contribution in [0.5, 0.6) is 11.9 Å². The Labute approximate surface area is 153 Å². The van der Waals surface area contributed by atoms with Gasteiger partial charge in [-0.2, -0.15) is 4.98 Å². The lowest BCUT2D eigenvalue weighted by atomic mass is 10.1. The minimum Gasteiger partial charge on any atom is -0.472 e. The third-order valence-electron chi connectivity index (χ3n) is 3.93. The highest BCUT2D eigenvalue weighted by Crippen LogP contribution is 2.27. The summed E-state index contributed by atoms with van der Waals surface area (Å²) in [5, 5.41) is 10.2. The summed E-state index contributed by atoms with van der Waals surface area (Å²) in [6.45, 7) is 2.62. The lowest BCUT2D eigenvalue weighted by Gasteiger charge is -2.15. The van der Waals surface area contributed by atoms with E-state index in [1.165, 1.54) is 0 Å². The Morgan fingerprint density at radius 1 is 0.885 bits per heavy atom. The highest BCUT2D eigenvalue weighted by atomic mass is 16.5. The molecule has 1 atom stereocenters. The predicted octanol–water partition coefficient (Wildman–Crippen LogP) is 4.08. The number of ether oxygens (including phenoxy) is 2. The van der Waals surface area contributed by atoms with Crippen LogP contribution in [0.2, 0.25) is 0 Å². The largest absolute Gasteiger partial charge is 0.472 e. The fourth-order valence-corrected chi connectivity index (χ4v) is 2.44. The molecule has 0 fully saturated rings. The number of rotatable bonds is 8. The average Bonchev–Trinajstić information content (AvgIpc) is 2.71. The maximum atomic E-state index is 10.2. The number of aliphatic hydroxyl groups excluding tert-OH is 1. The van der Waals surface area contributed by atoms with Gasteiger partial charge in [-0.1, -0.05) is 67.6 Å². The number of nitrogens with zero attached hydrogens (tertiary/aromatic N) is 2. The normalized spacial score (nSPS) is 11.8. The zero-order valence-corrected chi connectivity index (χ0v) is 14.7. The summed E-state index contributed by atoms with van der Waals surface area (Å²) < 4.78 is 11.5. The first kappa shape index (κ1) is 17.9. The van der Waals surface area contributed by atoms with Crippen molar-refractivity contribution in [2.45, 2.75) is 32.7 Å². The van der Waals surface area contributed by atoms with E-state index in [4.69, 9.17) is 9.47 Å². The van der Waals surface area contributed by atoms with E-state index in [0.717, 1.165) is 11.1 Å². The van der Waals surface area contributed by atoms with Crippen LogP contribution in [0.4, 0.5) is 0 Å². The lowest BCUT2D eigenvalue weighted by molar-refractivity contribution is 0.162. The molecule has 1 aromatic heterocycles. The van der Waals surface area contributed by atoms with Crippen LogP contribution in [0.15, 0.2) is 66.9 Å². The van der Waals surface area contributed by atoms with E-state index in [9.17, 15) is 5.11 Å². The fraction of sp³-hybridized carbons (Fsp3) is 0.238. The number of hydrogen-bond acceptors (Lipinski definition) is 5. The van der Waals surface area contributed by atoms with Crippen molar-refractivity contribution in [3.8, 4) is 11.9 Å². The number of hydrogen-bond donors (Lipinski definition) is 1. The summed E-state index contributed by atoms with van der Waals surface area (Å²) in [6, 6.07) is 19.8. The molecule has 0 amide bonds. The van der Waals surface area contributed by atoms with Gasteiger partial charge in [-0.25, -0.2) is 4.98 Å². The quantitative estimate of drug-likeness (QED) is 0.663. The molecule has 2 aromatic carbocycles. The van der Waals surface area contributed by atoms with Crippen molar-refractivity contribution in [1.29, 1.82) is 0 Å². The van der Waals surface area contributed by atoms with Gasteiger partial charge in [-0.15, -0.1) is 0 Å². The molecule has 0 aliphatic rings. The summed E-state index contributed by atoms with van der Waals surface area (Å²) in [5.41, 5.74) is 2.62. The third kappa shape index (κ3) is 4.80. The molecule has 0 aliphatic carbocycles.